The van der Waals surface area contributed by atoms with Crippen molar-refractivity contribution in [2.24, 2.45) is 0 Å². The van der Waals surface area contributed by atoms with E-state index < -0.39 is 0 Å². The highest BCUT2D eigenvalue weighted by atomic mass is 32.1. The summed E-state index contributed by atoms with van der Waals surface area (Å²) in [5.41, 5.74) is 2.32. The highest BCUT2D eigenvalue weighted by Crippen LogP contribution is 2.15. The van der Waals surface area contributed by atoms with Crippen LogP contribution in [0.15, 0.2) is 46.6 Å². The van der Waals surface area contributed by atoms with E-state index in [9.17, 15) is 4.79 Å². The molecule has 0 aliphatic heterocycles. The topological polar surface area (TPSA) is 56.0 Å². The number of rotatable bonds is 6. The lowest BCUT2D eigenvalue weighted by molar-refractivity contribution is 0.239. The van der Waals surface area contributed by atoms with Gasteiger partial charge < -0.3 is 0 Å². The molecule has 0 radical (unpaired) electrons. The lowest BCUT2D eigenvalue weighted by Gasteiger charge is -2.16. The number of aromatic nitrogens is 4. The predicted molar refractivity (Wildman–Crippen MR) is 95.5 cm³/mol. The standard InChI is InChI=1S/C17H21N5OS/c1-13(2)15-8-6-14(7-9-15)11-20(3)12-21-17(23)22(19-18-21)16-5-4-10-24-16/h4-10,13H,11-12H2,1-3H3. The summed E-state index contributed by atoms with van der Waals surface area (Å²) in [6, 6.07) is 12.3. The van der Waals surface area contributed by atoms with Crippen LogP contribution in [0, 0.1) is 0 Å². The molecule has 0 atom stereocenters. The van der Waals surface area contributed by atoms with Gasteiger partial charge in [0.2, 0.25) is 0 Å². The first-order chi connectivity index (χ1) is 11.5. The Hall–Kier alpha value is -2.25. The van der Waals surface area contributed by atoms with Gasteiger partial charge in [-0.25, -0.2) is 4.79 Å². The summed E-state index contributed by atoms with van der Waals surface area (Å²) in [6.07, 6.45) is 0. The van der Waals surface area contributed by atoms with Gasteiger partial charge >= 0.3 is 5.69 Å². The van der Waals surface area contributed by atoms with Gasteiger partial charge in [-0.2, -0.15) is 9.36 Å². The fourth-order valence-electron chi connectivity index (χ4n) is 2.49. The summed E-state index contributed by atoms with van der Waals surface area (Å²) in [5.74, 6) is 0.530. The first kappa shape index (κ1) is 16.6. The van der Waals surface area contributed by atoms with E-state index in [1.54, 1.807) is 0 Å². The first-order valence-electron chi connectivity index (χ1n) is 7.88. The van der Waals surface area contributed by atoms with E-state index in [-0.39, 0.29) is 5.69 Å². The zero-order valence-electron chi connectivity index (χ0n) is 14.1. The molecular formula is C17H21N5OS. The zero-order valence-corrected chi connectivity index (χ0v) is 14.9. The maximum Gasteiger partial charge on any atom is 0.370 e. The normalized spacial score (nSPS) is 11.5. The lowest BCUT2D eigenvalue weighted by atomic mass is 10.0. The molecule has 2 heterocycles. The van der Waals surface area contributed by atoms with Crippen LogP contribution in [-0.4, -0.2) is 31.7 Å². The molecule has 3 aromatic rings. The smallest absolute Gasteiger partial charge is 0.283 e. The van der Waals surface area contributed by atoms with Crippen LogP contribution in [0.4, 0.5) is 0 Å². The second kappa shape index (κ2) is 7.11. The molecule has 3 rings (SSSR count). The Labute approximate surface area is 144 Å². The van der Waals surface area contributed by atoms with Crippen LogP contribution in [-0.2, 0) is 13.2 Å². The number of hydrogen-bond donors (Lipinski definition) is 0. The van der Waals surface area contributed by atoms with E-state index in [1.165, 1.54) is 31.8 Å². The average Bonchev–Trinajstić information content (AvgIpc) is 3.19. The lowest BCUT2D eigenvalue weighted by Crippen LogP contribution is -2.31. The van der Waals surface area contributed by atoms with Gasteiger partial charge in [-0.3, -0.25) is 4.90 Å². The predicted octanol–water partition coefficient (Wildman–Crippen LogP) is 2.70. The summed E-state index contributed by atoms with van der Waals surface area (Å²) in [4.78, 5) is 14.4. The van der Waals surface area contributed by atoms with Crippen molar-refractivity contribution >= 4 is 11.3 Å². The Morgan fingerprint density at radius 3 is 2.54 bits per heavy atom. The molecule has 1 aromatic carbocycles. The Morgan fingerprint density at radius 2 is 1.92 bits per heavy atom. The van der Waals surface area contributed by atoms with Gasteiger partial charge in [0.25, 0.3) is 0 Å². The van der Waals surface area contributed by atoms with Crippen molar-refractivity contribution in [2.45, 2.75) is 33.0 Å². The van der Waals surface area contributed by atoms with Crippen LogP contribution in [0.25, 0.3) is 5.00 Å². The number of benzene rings is 1. The largest absolute Gasteiger partial charge is 0.370 e. The molecule has 0 amide bonds. The third kappa shape index (κ3) is 3.63. The highest BCUT2D eigenvalue weighted by Gasteiger charge is 2.11. The van der Waals surface area contributed by atoms with Gasteiger partial charge in [0, 0.05) is 6.54 Å². The molecule has 0 saturated carbocycles. The van der Waals surface area contributed by atoms with E-state index >= 15 is 0 Å². The van der Waals surface area contributed by atoms with E-state index in [1.807, 2.05) is 29.5 Å². The molecule has 0 fully saturated rings. The van der Waals surface area contributed by atoms with Crippen LogP contribution in [0.2, 0.25) is 0 Å². The third-order valence-corrected chi connectivity index (χ3v) is 4.67. The molecule has 0 unspecified atom stereocenters. The Kier molecular flexibility index (Phi) is 4.92. The molecule has 24 heavy (non-hydrogen) atoms. The maximum absolute atomic E-state index is 12.4. The fourth-order valence-corrected chi connectivity index (χ4v) is 3.16. The second-order valence-corrected chi connectivity index (χ2v) is 7.10. The molecule has 6 nitrogen and oxygen atoms in total. The Morgan fingerprint density at radius 1 is 1.17 bits per heavy atom. The molecule has 126 valence electrons. The van der Waals surface area contributed by atoms with Crippen LogP contribution >= 0.6 is 11.3 Å². The minimum atomic E-state index is -0.223. The van der Waals surface area contributed by atoms with Crippen molar-refractivity contribution in [2.75, 3.05) is 7.05 Å². The maximum atomic E-state index is 12.4. The van der Waals surface area contributed by atoms with Crippen LogP contribution in [0.1, 0.15) is 30.9 Å². The van der Waals surface area contributed by atoms with Gasteiger partial charge in [0.1, 0.15) is 11.7 Å². The van der Waals surface area contributed by atoms with E-state index in [4.69, 9.17) is 0 Å². The summed E-state index contributed by atoms with van der Waals surface area (Å²) >= 11 is 1.46. The monoisotopic (exact) mass is 343 g/mol. The van der Waals surface area contributed by atoms with Gasteiger partial charge in [-0.05, 0) is 52.0 Å². The molecule has 0 bridgehead atoms. The molecule has 2 aromatic heterocycles. The van der Waals surface area contributed by atoms with Gasteiger partial charge in [-0.15, -0.1) is 11.3 Å². The van der Waals surface area contributed by atoms with Crippen molar-refractivity contribution < 1.29 is 0 Å². The summed E-state index contributed by atoms with van der Waals surface area (Å²) < 4.78 is 2.71. The van der Waals surface area contributed by atoms with Crippen LogP contribution in [0.5, 0.6) is 0 Å². The molecule has 7 heteroatoms. The molecule has 0 aliphatic rings. The number of thiophene rings is 1. The first-order valence-corrected chi connectivity index (χ1v) is 8.76. The number of nitrogens with zero attached hydrogens (tertiary/aromatic N) is 5. The SMILES string of the molecule is CC(C)c1ccc(CN(C)Cn2nnn(-c3cccs3)c2=O)cc1. The van der Waals surface area contributed by atoms with Crippen LogP contribution in [0.3, 0.4) is 0 Å². The van der Waals surface area contributed by atoms with E-state index in [0.717, 1.165) is 11.5 Å². The Balaban J connectivity index is 1.67. The minimum Gasteiger partial charge on any atom is -0.283 e. The second-order valence-electron chi connectivity index (χ2n) is 6.18. The number of tetrazole rings is 1. The Bertz CT molecular complexity index is 833. The van der Waals surface area contributed by atoms with Gasteiger partial charge in [-0.1, -0.05) is 38.1 Å². The third-order valence-electron chi connectivity index (χ3n) is 3.83. The molecule has 0 N–H and O–H groups in total. The summed E-state index contributed by atoms with van der Waals surface area (Å²) in [7, 11) is 1.97. The molecule has 0 spiro atoms. The quantitative estimate of drug-likeness (QED) is 0.690. The van der Waals surface area contributed by atoms with Crippen molar-refractivity contribution in [3.05, 3.63) is 63.4 Å². The van der Waals surface area contributed by atoms with Crippen molar-refractivity contribution in [1.29, 1.82) is 0 Å². The summed E-state index contributed by atoms with van der Waals surface area (Å²) in [5, 5.41) is 10.6. The molecular weight excluding hydrogens is 322 g/mol. The van der Waals surface area contributed by atoms with E-state index in [2.05, 4.69) is 48.5 Å². The molecule has 0 saturated heterocycles. The van der Waals surface area contributed by atoms with Crippen molar-refractivity contribution in [3.8, 4) is 5.00 Å². The van der Waals surface area contributed by atoms with Gasteiger partial charge in [0.05, 0.1) is 0 Å². The van der Waals surface area contributed by atoms with Gasteiger partial charge in [0.15, 0.2) is 0 Å². The zero-order chi connectivity index (χ0) is 17.1. The number of hydrogen-bond acceptors (Lipinski definition) is 5. The van der Waals surface area contributed by atoms with E-state index in [0.29, 0.717) is 12.6 Å². The minimum absolute atomic E-state index is 0.223. The van der Waals surface area contributed by atoms with Crippen molar-refractivity contribution in [1.82, 2.24) is 24.7 Å². The van der Waals surface area contributed by atoms with Crippen molar-refractivity contribution in [3.63, 3.8) is 0 Å². The highest BCUT2D eigenvalue weighted by molar-refractivity contribution is 7.12. The van der Waals surface area contributed by atoms with Crippen LogP contribution < -0.4 is 5.69 Å². The average molecular weight is 343 g/mol. The summed E-state index contributed by atoms with van der Waals surface area (Å²) in [6.45, 7) is 5.52. The molecule has 0 aliphatic carbocycles. The fraction of sp³-hybridized carbons (Fsp3) is 0.353.